The molecule has 0 aliphatic rings. The molecule has 2 aromatic heterocycles. The Balaban J connectivity index is 2.22. The van der Waals surface area contributed by atoms with Gasteiger partial charge in [0, 0.05) is 30.0 Å². The van der Waals surface area contributed by atoms with E-state index in [1.54, 1.807) is 6.20 Å². The standard InChI is InChI=1S/C16H19N5/c1-3-21-9-8-18-16(21)15(20-17)13-10-11(2)19-14-7-5-4-6-12(13)14/h4-10,15,20H,3,17H2,1-2H3. The third kappa shape index (κ3) is 2.41. The number of aryl methyl sites for hydroxylation is 2. The first-order valence-electron chi connectivity index (χ1n) is 7.08. The van der Waals surface area contributed by atoms with Crippen molar-refractivity contribution in [1.29, 1.82) is 0 Å². The fraction of sp³-hybridized carbons (Fsp3) is 0.250. The van der Waals surface area contributed by atoms with Crippen molar-refractivity contribution in [3.05, 3.63) is 59.8 Å². The minimum absolute atomic E-state index is 0.161. The summed E-state index contributed by atoms with van der Waals surface area (Å²) in [5, 5.41) is 1.09. The highest BCUT2D eigenvalue weighted by atomic mass is 15.3. The molecule has 108 valence electrons. The van der Waals surface area contributed by atoms with Gasteiger partial charge in [-0.15, -0.1) is 0 Å². The Morgan fingerprint density at radius 1 is 1.33 bits per heavy atom. The number of imidazole rings is 1. The molecule has 3 N–H and O–H groups in total. The van der Waals surface area contributed by atoms with E-state index >= 15 is 0 Å². The molecule has 0 aliphatic carbocycles. The molecule has 0 amide bonds. The van der Waals surface area contributed by atoms with E-state index in [4.69, 9.17) is 5.84 Å². The van der Waals surface area contributed by atoms with E-state index in [-0.39, 0.29) is 6.04 Å². The number of fused-ring (bicyclic) bond motifs is 1. The van der Waals surface area contributed by atoms with E-state index in [9.17, 15) is 0 Å². The molecule has 21 heavy (non-hydrogen) atoms. The molecule has 5 nitrogen and oxygen atoms in total. The van der Waals surface area contributed by atoms with Gasteiger partial charge in [0.15, 0.2) is 0 Å². The Morgan fingerprint density at radius 3 is 2.90 bits per heavy atom. The van der Waals surface area contributed by atoms with Crippen molar-refractivity contribution >= 4 is 10.9 Å². The van der Waals surface area contributed by atoms with Crippen LogP contribution in [0.3, 0.4) is 0 Å². The van der Waals surface area contributed by atoms with Gasteiger partial charge in [0.25, 0.3) is 0 Å². The smallest absolute Gasteiger partial charge is 0.131 e. The van der Waals surface area contributed by atoms with Gasteiger partial charge in [-0.25, -0.2) is 10.4 Å². The van der Waals surface area contributed by atoms with Gasteiger partial charge in [-0.1, -0.05) is 18.2 Å². The summed E-state index contributed by atoms with van der Waals surface area (Å²) in [6.45, 7) is 4.94. The highest BCUT2D eigenvalue weighted by molar-refractivity contribution is 5.83. The maximum atomic E-state index is 5.84. The fourth-order valence-electron chi connectivity index (χ4n) is 2.73. The molecule has 0 saturated carbocycles. The number of benzene rings is 1. The zero-order chi connectivity index (χ0) is 14.8. The average molecular weight is 281 g/mol. The molecule has 0 bridgehead atoms. The second kappa shape index (κ2) is 5.63. The van der Waals surface area contributed by atoms with Crippen molar-refractivity contribution in [2.24, 2.45) is 5.84 Å². The Bertz CT molecular complexity index is 762. The molecular formula is C16H19N5. The summed E-state index contributed by atoms with van der Waals surface area (Å²) in [5.41, 5.74) is 5.95. The first-order chi connectivity index (χ1) is 10.2. The number of nitrogens with two attached hydrogens (primary N) is 1. The van der Waals surface area contributed by atoms with E-state index in [1.807, 2.05) is 31.3 Å². The first kappa shape index (κ1) is 13.7. The van der Waals surface area contributed by atoms with Crippen molar-refractivity contribution in [3.8, 4) is 0 Å². The fourth-order valence-corrected chi connectivity index (χ4v) is 2.73. The zero-order valence-electron chi connectivity index (χ0n) is 12.2. The van der Waals surface area contributed by atoms with Crippen molar-refractivity contribution in [2.75, 3.05) is 0 Å². The van der Waals surface area contributed by atoms with Gasteiger partial charge in [0.1, 0.15) is 11.9 Å². The van der Waals surface area contributed by atoms with E-state index < -0.39 is 0 Å². The summed E-state index contributed by atoms with van der Waals surface area (Å²) in [7, 11) is 0. The molecule has 0 fully saturated rings. The topological polar surface area (TPSA) is 68.8 Å². The van der Waals surface area contributed by atoms with Crippen LogP contribution in [0.1, 0.15) is 30.0 Å². The number of para-hydroxylation sites is 1. The lowest BCUT2D eigenvalue weighted by molar-refractivity contribution is 0.563. The van der Waals surface area contributed by atoms with Crippen LogP contribution in [-0.4, -0.2) is 14.5 Å². The molecule has 0 saturated heterocycles. The summed E-state index contributed by atoms with van der Waals surface area (Å²) in [6.07, 6.45) is 3.77. The maximum absolute atomic E-state index is 5.84. The van der Waals surface area contributed by atoms with Crippen LogP contribution < -0.4 is 11.3 Å². The number of hydrogen-bond acceptors (Lipinski definition) is 4. The minimum Gasteiger partial charge on any atom is -0.334 e. The van der Waals surface area contributed by atoms with Gasteiger partial charge in [-0.05, 0) is 31.5 Å². The quantitative estimate of drug-likeness (QED) is 0.569. The van der Waals surface area contributed by atoms with Gasteiger partial charge < -0.3 is 4.57 Å². The normalized spacial score (nSPS) is 12.7. The molecule has 1 unspecified atom stereocenters. The summed E-state index contributed by atoms with van der Waals surface area (Å²) in [6, 6.07) is 10.0. The van der Waals surface area contributed by atoms with Crippen LogP contribution in [0.15, 0.2) is 42.7 Å². The van der Waals surface area contributed by atoms with E-state index in [0.29, 0.717) is 0 Å². The van der Waals surface area contributed by atoms with Crippen LogP contribution in [0.5, 0.6) is 0 Å². The van der Waals surface area contributed by atoms with Gasteiger partial charge in [-0.3, -0.25) is 10.8 Å². The van der Waals surface area contributed by atoms with Gasteiger partial charge in [-0.2, -0.15) is 0 Å². The zero-order valence-corrected chi connectivity index (χ0v) is 12.2. The van der Waals surface area contributed by atoms with Gasteiger partial charge >= 0.3 is 0 Å². The van der Waals surface area contributed by atoms with E-state index in [1.165, 1.54) is 0 Å². The molecule has 1 aromatic carbocycles. The van der Waals surface area contributed by atoms with Crippen molar-refractivity contribution in [1.82, 2.24) is 20.0 Å². The number of pyridine rings is 1. The Kier molecular flexibility index (Phi) is 3.68. The molecule has 2 heterocycles. The van der Waals surface area contributed by atoms with Gasteiger partial charge in [0.05, 0.1) is 5.52 Å². The van der Waals surface area contributed by atoms with Crippen LogP contribution in [0.4, 0.5) is 0 Å². The van der Waals surface area contributed by atoms with Crippen molar-refractivity contribution in [3.63, 3.8) is 0 Å². The minimum atomic E-state index is -0.161. The summed E-state index contributed by atoms with van der Waals surface area (Å²) in [5.74, 6) is 6.75. The lowest BCUT2D eigenvalue weighted by atomic mass is 10.0. The molecular weight excluding hydrogens is 262 g/mol. The Morgan fingerprint density at radius 2 is 2.14 bits per heavy atom. The van der Waals surface area contributed by atoms with E-state index in [2.05, 4.69) is 39.0 Å². The second-order valence-corrected chi connectivity index (χ2v) is 5.04. The molecule has 3 aromatic rings. The Labute approximate surface area is 123 Å². The molecule has 5 heteroatoms. The summed E-state index contributed by atoms with van der Waals surface area (Å²) >= 11 is 0. The number of nitrogens with zero attached hydrogens (tertiary/aromatic N) is 3. The van der Waals surface area contributed by atoms with Crippen molar-refractivity contribution in [2.45, 2.75) is 26.4 Å². The molecule has 0 radical (unpaired) electrons. The first-order valence-corrected chi connectivity index (χ1v) is 7.08. The number of rotatable bonds is 4. The second-order valence-electron chi connectivity index (χ2n) is 5.04. The van der Waals surface area contributed by atoms with Crippen LogP contribution in [0.25, 0.3) is 10.9 Å². The highest BCUT2D eigenvalue weighted by Gasteiger charge is 2.20. The molecule has 0 aliphatic heterocycles. The molecule has 0 spiro atoms. The van der Waals surface area contributed by atoms with E-state index in [0.717, 1.165) is 34.5 Å². The predicted molar refractivity (Wildman–Crippen MR) is 83.5 cm³/mol. The van der Waals surface area contributed by atoms with Gasteiger partial charge in [0.2, 0.25) is 0 Å². The highest BCUT2D eigenvalue weighted by Crippen LogP contribution is 2.27. The lowest BCUT2D eigenvalue weighted by Gasteiger charge is -2.19. The third-order valence-electron chi connectivity index (χ3n) is 3.70. The summed E-state index contributed by atoms with van der Waals surface area (Å²) in [4.78, 5) is 9.05. The van der Waals surface area contributed by atoms with Crippen LogP contribution in [0.2, 0.25) is 0 Å². The molecule has 1 atom stereocenters. The van der Waals surface area contributed by atoms with Crippen LogP contribution >= 0.6 is 0 Å². The SMILES string of the molecule is CCn1ccnc1C(NN)c1cc(C)nc2ccccc12. The summed E-state index contributed by atoms with van der Waals surface area (Å²) < 4.78 is 2.09. The monoisotopic (exact) mass is 281 g/mol. The predicted octanol–water partition coefficient (Wildman–Crippen LogP) is 2.31. The lowest BCUT2D eigenvalue weighted by Crippen LogP contribution is -2.31. The third-order valence-corrected chi connectivity index (χ3v) is 3.70. The largest absolute Gasteiger partial charge is 0.334 e. The molecule has 3 rings (SSSR count). The number of nitrogens with one attached hydrogen (secondary N) is 1. The van der Waals surface area contributed by atoms with Crippen LogP contribution in [-0.2, 0) is 6.54 Å². The number of aromatic nitrogens is 3. The maximum Gasteiger partial charge on any atom is 0.131 e. The van der Waals surface area contributed by atoms with Crippen LogP contribution in [0, 0.1) is 6.92 Å². The number of hydrogen-bond donors (Lipinski definition) is 2. The van der Waals surface area contributed by atoms with Crippen molar-refractivity contribution < 1.29 is 0 Å². The average Bonchev–Trinajstić information content (AvgIpc) is 2.96. The number of hydrazine groups is 1. The Hall–Kier alpha value is -2.24.